The predicted molar refractivity (Wildman–Crippen MR) is 79.2 cm³/mol. The largest absolute Gasteiger partial charge is 0.330 e. The predicted octanol–water partition coefficient (Wildman–Crippen LogP) is 3.96. The SMILES string of the molecule is Cc1ccc(Sc2ccccc2C)c(CCN)c1. The van der Waals surface area contributed by atoms with Crippen LogP contribution >= 0.6 is 11.8 Å². The number of rotatable bonds is 4. The second-order valence-electron chi connectivity index (χ2n) is 4.52. The zero-order chi connectivity index (χ0) is 13.0. The molecule has 0 fully saturated rings. The molecule has 2 N–H and O–H groups in total. The van der Waals surface area contributed by atoms with E-state index < -0.39 is 0 Å². The van der Waals surface area contributed by atoms with E-state index >= 15 is 0 Å². The minimum absolute atomic E-state index is 0.699. The molecule has 0 aliphatic carbocycles. The number of nitrogens with two attached hydrogens (primary N) is 1. The van der Waals surface area contributed by atoms with E-state index in [1.807, 2.05) is 11.8 Å². The van der Waals surface area contributed by atoms with Crippen LogP contribution in [-0.4, -0.2) is 6.54 Å². The van der Waals surface area contributed by atoms with Crippen LogP contribution in [0.15, 0.2) is 52.3 Å². The highest BCUT2D eigenvalue weighted by Crippen LogP contribution is 2.33. The first kappa shape index (κ1) is 13.2. The third-order valence-corrected chi connectivity index (χ3v) is 4.24. The standard InChI is InChI=1S/C16H19NS/c1-12-7-8-16(14(11-12)9-10-17)18-15-6-4-3-5-13(15)2/h3-8,11H,9-10,17H2,1-2H3. The van der Waals surface area contributed by atoms with Crippen LogP contribution in [0.3, 0.4) is 0 Å². The Morgan fingerprint density at radius 3 is 2.50 bits per heavy atom. The highest BCUT2D eigenvalue weighted by atomic mass is 32.2. The molecule has 18 heavy (non-hydrogen) atoms. The summed E-state index contributed by atoms with van der Waals surface area (Å²) >= 11 is 1.83. The Bertz CT molecular complexity index is 534. The van der Waals surface area contributed by atoms with Gasteiger partial charge in [-0.05, 0) is 50.1 Å². The highest BCUT2D eigenvalue weighted by molar-refractivity contribution is 7.99. The molecule has 0 bridgehead atoms. The van der Waals surface area contributed by atoms with Crippen LogP contribution in [0.25, 0.3) is 0 Å². The Morgan fingerprint density at radius 1 is 1.00 bits per heavy atom. The lowest BCUT2D eigenvalue weighted by Gasteiger charge is -2.11. The van der Waals surface area contributed by atoms with Crippen molar-refractivity contribution < 1.29 is 0 Å². The van der Waals surface area contributed by atoms with Gasteiger partial charge in [0.15, 0.2) is 0 Å². The van der Waals surface area contributed by atoms with Crippen LogP contribution < -0.4 is 5.73 Å². The van der Waals surface area contributed by atoms with E-state index in [-0.39, 0.29) is 0 Å². The van der Waals surface area contributed by atoms with Crippen molar-refractivity contribution in [2.75, 3.05) is 6.54 Å². The minimum Gasteiger partial charge on any atom is -0.330 e. The number of benzene rings is 2. The lowest BCUT2D eigenvalue weighted by Crippen LogP contribution is -2.04. The Kier molecular flexibility index (Phi) is 4.45. The molecule has 0 radical (unpaired) electrons. The van der Waals surface area contributed by atoms with Crippen molar-refractivity contribution in [1.82, 2.24) is 0 Å². The maximum absolute atomic E-state index is 5.69. The van der Waals surface area contributed by atoms with Crippen LogP contribution in [0.4, 0.5) is 0 Å². The molecule has 94 valence electrons. The van der Waals surface area contributed by atoms with Crippen molar-refractivity contribution in [3.05, 3.63) is 59.2 Å². The number of hydrogen-bond donors (Lipinski definition) is 1. The maximum Gasteiger partial charge on any atom is 0.0155 e. The van der Waals surface area contributed by atoms with E-state index in [1.54, 1.807) is 0 Å². The van der Waals surface area contributed by atoms with E-state index in [4.69, 9.17) is 5.73 Å². The summed E-state index contributed by atoms with van der Waals surface area (Å²) in [6.07, 6.45) is 0.940. The van der Waals surface area contributed by atoms with Crippen molar-refractivity contribution in [2.45, 2.75) is 30.1 Å². The second kappa shape index (κ2) is 6.07. The summed E-state index contributed by atoms with van der Waals surface area (Å²) in [6, 6.07) is 15.1. The third-order valence-electron chi connectivity index (χ3n) is 2.94. The van der Waals surface area contributed by atoms with Gasteiger partial charge in [-0.3, -0.25) is 0 Å². The molecule has 0 aromatic heterocycles. The molecule has 0 amide bonds. The number of hydrogen-bond acceptors (Lipinski definition) is 2. The van der Waals surface area contributed by atoms with E-state index in [0.29, 0.717) is 6.54 Å². The van der Waals surface area contributed by atoms with Gasteiger partial charge in [-0.1, -0.05) is 47.7 Å². The van der Waals surface area contributed by atoms with Gasteiger partial charge in [-0.25, -0.2) is 0 Å². The van der Waals surface area contributed by atoms with Gasteiger partial charge in [-0.2, -0.15) is 0 Å². The van der Waals surface area contributed by atoms with Crippen LogP contribution in [0.5, 0.6) is 0 Å². The lowest BCUT2D eigenvalue weighted by molar-refractivity contribution is 0.941. The van der Waals surface area contributed by atoms with E-state index in [0.717, 1.165) is 6.42 Å². The summed E-state index contributed by atoms with van der Waals surface area (Å²) in [6.45, 7) is 4.98. The molecule has 1 nitrogen and oxygen atoms in total. The average molecular weight is 257 g/mol. The first-order valence-corrected chi connectivity index (χ1v) is 7.05. The summed E-state index contributed by atoms with van der Waals surface area (Å²) in [7, 11) is 0. The first-order valence-electron chi connectivity index (χ1n) is 6.24. The molecule has 2 aromatic rings. The molecule has 0 atom stereocenters. The van der Waals surface area contributed by atoms with E-state index in [2.05, 4.69) is 56.3 Å². The van der Waals surface area contributed by atoms with E-state index in [9.17, 15) is 0 Å². The second-order valence-corrected chi connectivity index (χ2v) is 5.60. The van der Waals surface area contributed by atoms with Crippen LogP contribution in [0.1, 0.15) is 16.7 Å². The molecule has 0 aliphatic rings. The fourth-order valence-corrected chi connectivity index (χ4v) is 2.99. The molecule has 0 saturated carbocycles. The molecular weight excluding hydrogens is 238 g/mol. The molecule has 0 spiro atoms. The van der Waals surface area contributed by atoms with Crippen molar-refractivity contribution in [2.24, 2.45) is 5.73 Å². The Hall–Kier alpha value is -1.25. The molecule has 2 rings (SSSR count). The van der Waals surface area contributed by atoms with E-state index in [1.165, 1.54) is 26.5 Å². The quantitative estimate of drug-likeness (QED) is 0.897. The van der Waals surface area contributed by atoms with Gasteiger partial charge in [0.2, 0.25) is 0 Å². The van der Waals surface area contributed by atoms with Gasteiger partial charge in [0.1, 0.15) is 0 Å². The Balaban J connectivity index is 2.31. The molecule has 0 unspecified atom stereocenters. The van der Waals surface area contributed by atoms with Gasteiger partial charge in [0.25, 0.3) is 0 Å². The smallest absolute Gasteiger partial charge is 0.0155 e. The topological polar surface area (TPSA) is 26.0 Å². The Labute approximate surface area is 113 Å². The lowest BCUT2D eigenvalue weighted by atomic mass is 10.1. The molecule has 0 aliphatic heterocycles. The van der Waals surface area contributed by atoms with Gasteiger partial charge in [-0.15, -0.1) is 0 Å². The monoisotopic (exact) mass is 257 g/mol. The third kappa shape index (κ3) is 3.15. The molecule has 2 heteroatoms. The van der Waals surface area contributed by atoms with Crippen LogP contribution in [-0.2, 0) is 6.42 Å². The first-order chi connectivity index (χ1) is 8.70. The van der Waals surface area contributed by atoms with Gasteiger partial charge in [0.05, 0.1) is 0 Å². The molecular formula is C16H19NS. The van der Waals surface area contributed by atoms with Gasteiger partial charge < -0.3 is 5.73 Å². The van der Waals surface area contributed by atoms with Crippen LogP contribution in [0, 0.1) is 13.8 Å². The zero-order valence-electron chi connectivity index (χ0n) is 10.9. The average Bonchev–Trinajstić information content (AvgIpc) is 2.35. The van der Waals surface area contributed by atoms with Crippen molar-refractivity contribution >= 4 is 11.8 Å². The normalized spacial score (nSPS) is 10.6. The number of aryl methyl sites for hydroxylation is 2. The summed E-state index contributed by atoms with van der Waals surface area (Å²) < 4.78 is 0. The van der Waals surface area contributed by atoms with Crippen LogP contribution in [0.2, 0.25) is 0 Å². The summed E-state index contributed by atoms with van der Waals surface area (Å²) in [4.78, 5) is 2.64. The van der Waals surface area contributed by atoms with Gasteiger partial charge >= 0.3 is 0 Å². The minimum atomic E-state index is 0.699. The zero-order valence-corrected chi connectivity index (χ0v) is 11.8. The fourth-order valence-electron chi connectivity index (χ4n) is 1.95. The van der Waals surface area contributed by atoms with Crippen molar-refractivity contribution in [1.29, 1.82) is 0 Å². The summed E-state index contributed by atoms with van der Waals surface area (Å²) in [5.74, 6) is 0. The fraction of sp³-hybridized carbons (Fsp3) is 0.250. The van der Waals surface area contributed by atoms with Crippen molar-refractivity contribution in [3.8, 4) is 0 Å². The molecule has 0 heterocycles. The summed E-state index contributed by atoms with van der Waals surface area (Å²) in [5.41, 5.74) is 9.67. The summed E-state index contributed by atoms with van der Waals surface area (Å²) in [5, 5.41) is 0. The maximum atomic E-state index is 5.69. The van der Waals surface area contributed by atoms with Crippen molar-refractivity contribution in [3.63, 3.8) is 0 Å². The Morgan fingerprint density at radius 2 is 1.78 bits per heavy atom. The van der Waals surface area contributed by atoms with Gasteiger partial charge in [0, 0.05) is 9.79 Å². The highest BCUT2D eigenvalue weighted by Gasteiger charge is 2.06. The molecule has 0 saturated heterocycles. The molecule has 2 aromatic carbocycles.